The van der Waals surface area contributed by atoms with Crippen LogP contribution in [0.2, 0.25) is 0 Å². The van der Waals surface area contributed by atoms with Crippen LogP contribution in [0.15, 0.2) is 43.0 Å². The van der Waals surface area contributed by atoms with Crippen molar-refractivity contribution in [3.8, 4) is 0 Å². The van der Waals surface area contributed by atoms with Gasteiger partial charge in [0.05, 0.1) is 0 Å². The molecule has 0 bridgehead atoms. The number of benzene rings is 1. The van der Waals surface area contributed by atoms with Crippen LogP contribution in [0, 0.1) is 0 Å². The third-order valence-electron chi connectivity index (χ3n) is 1.96. The normalized spacial score (nSPS) is 13.6. The van der Waals surface area contributed by atoms with E-state index < -0.39 is 12.0 Å². The zero-order valence-corrected chi connectivity index (χ0v) is 7.91. The third-order valence-corrected chi connectivity index (χ3v) is 1.96. The highest BCUT2D eigenvalue weighted by molar-refractivity contribution is 5.21. The highest BCUT2D eigenvalue weighted by Gasteiger charge is 2.37. The van der Waals surface area contributed by atoms with Gasteiger partial charge in [0.15, 0.2) is 0 Å². The molecule has 0 fully saturated rings. The highest BCUT2D eigenvalue weighted by atomic mass is 19.3. The predicted molar refractivity (Wildman–Crippen MR) is 51.3 cm³/mol. The van der Waals surface area contributed by atoms with Crippen LogP contribution in [0.3, 0.4) is 0 Å². The van der Waals surface area contributed by atoms with E-state index in [1.165, 1.54) is 7.11 Å². The maximum absolute atomic E-state index is 13.3. The Labute approximate surface area is 82.0 Å². The lowest BCUT2D eigenvalue weighted by Gasteiger charge is -2.22. The molecule has 0 saturated heterocycles. The predicted octanol–water partition coefficient (Wildman–Crippen LogP) is 3.20. The first-order chi connectivity index (χ1) is 6.61. The summed E-state index contributed by atoms with van der Waals surface area (Å²) in [6.45, 7) is 3.10. The molecule has 1 atom stereocenters. The van der Waals surface area contributed by atoms with Crippen molar-refractivity contribution >= 4 is 0 Å². The van der Waals surface area contributed by atoms with E-state index in [1.807, 2.05) is 0 Å². The van der Waals surface area contributed by atoms with Gasteiger partial charge in [0.1, 0.15) is 6.10 Å². The number of methoxy groups -OCH3 is 1. The molecule has 14 heavy (non-hydrogen) atoms. The molecule has 0 aliphatic rings. The van der Waals surface area contributed by atoms with Gasteiger partial charge in [0.25, 0.3) is 5.92 Å². The van der Waals surface area contributed by atoms with Gasteiger partial charge in [-0.1, -0.05) is 36.9 Å². The maximum Gasteiger partial charge on any atom is 0.295 e. The van der Waals surface area contributed by atoms with Crippen molar-refractivity contribution in [3.05, 3.63) is 48.6 Å². The van der Waals surface area contributed by atoms with Crippen LogP contribution in [-0.4, -0.2) is 13.0 Å². The summed E-state index contributed by atoms with van der Waals surface area (Å²) in [6.07, 6.45) is -0.657. The van der Waals surface area contributed by atoms with Crippen molar-refractivity contribution in [2.75, 3.05) is 7.11 Å². The summed E-state index contributed by atoms with van der Waals surface area (Å²) in [4.78, 5) is 0. The standard InChI is InChI=1S/C11H12F2O/c1-3-11(12,13)10(14-2)9-7-5-4-6-8-9/h3-8,10H,1H2,2H3. The first kappa shape index (κ1) is 10.9. The topological polar surface area (TPSA) is 9.23 Å². The average molecular weight is 198 g/mol. The summed E-state index contributed by atoms with van der Waals surface area (Å²) in [7, 11) is 1.26. The monoisotopic (exact) mass is 198 g/mol. The van der Waals surface area contributed by atoms with E-state index in [-0.39, 0.29) is 0 Å². The van der Waals surface area contributed by atoms with Crippen molar-refractivity contribution in [2.45, 2.75) is 12.0 Å². The summed E-state index contributed by atoms with van der Waals surface area (Å²) < 4.78 is 31.3. The molecule has 1 aromatic carbocycles. The van der Waals surface area contributed by atoms with Gasteiger partial charge >= 0.3 is 0 Å². The van der Waals surface area contributed by atoms with Crippen LogP contribution >= 0.6 is 0 Å². The van der Waals surface area contributed by atoms with E-state index in [1.54, 1.807) is 30.3 Å². The zero-order chi connectivity index (χ0) is 10.6. The lowest BCUT2D eigenvalue weighted by atomic mass is 10.0. The Balaban J connectivity index is 2.99. The first-order valence-corrected chi connectivity index (χ1v) is 4.21. The van der Waals surface area contributed by atoms with Crippen LogP contribution < -0.4 is 0 Å². The van der Waals surface area contributed by atoms with E-state index in [2.05, 4.69) is 6.58 Å². The van der Waals surface area contributed by atoms with E-state index in [9.17, 15) is 8.78 Å². The van der Waals surface area contributed by atoms with Crippen LogP contribution in [-0.2, 0) is 4.74 Å². The fourth-order valence-corrected chi connectivity index (χ4v) is 1.25. The molecule has 1 nitrogen and oxygen atoms in total. The number of halogens is 2. The van der Waals surface area contributed by atoms with Crippen LogP contribution in [0.5, 0.6) is 0 Å². The second-order valence-electron chi connectivity index (χ2n) is 2.91. The maximum atomic E-state index is 13.3. The lowest BCUT2D eigenvalue weighted by Crippen LogP contribution is -2.25. The van der Waals surface area contributed by atoms with E-state index in [4.69, 9.17) is 4.74 Å². The average Bonchev–Trinajstić information content (AvgIpc) is 2.20. The molecule has 0 saturated carbocycles. The van der Waals surface area contributed by atoms with Gasteiger partial charge in [0, 0.05) is 7.11 Å². The molecular formula is C11H12F2O. The minimum Gasteiger partial charge on any atom is -0.370 e. The number of hydrogen-bond donors (Lipinski definition) is 0. The second-order valence-corrected chi connectivity index (χ2v) is 2.91. The van der Waals surface area contributed by atoms with Crippen molar-refractivity contribution < 1.29 is 13.5 Å². The molecule has 1 unspecified atom stereocenters. The molecule has 0 spiro atoms. The molecule has 1 rings (SSSR count). The molecule has 0 aliphatic heterocycles. The van der Waals surface area contributed by atoms with Crippen molar-refractivity contribution in [3.63, 3.8) is 0 Å². The fourth-order valence-electron chi connectivity index (χ4n) is 1.25. The zero-order valence-electron chi connectivity index (χ0n) is 7.91. The molecule has 0 aromatic heterocycles. The van der Waals surface area contributed by atoms with Crippen LogP contribution in [0.4, 0.5) is 8.78 Å². The quantitative estimate of drug-likeness (QED) is 0.675. The summed E-state index contributed by atoms with van der Waals surface area (Å²) >= 11 is 0. The Bertz CT molecular complexity index is 295. The molecule has 3 heteroatoms. The smallest absolute Gasteiger partial charge is 0.295 e. The van der Waals surface area contributed by atoms with E-state index in [0.29, 0.717) is 11.6 Å². The molecule has 0 amide bonds. The third kappa shape index (κ3) is 2.17. The molecule has 0 radical (unpaired) electrons. The van der Waals surface area contributed by atoms with E-state index >= 15 is 0 Å². The molecule has 76 valence electrons. The molecule has 1 aromatic rings. The van der Waals surface area contributed by atoms with Gasteiger partial charge in [-0.05, 0) is 11.6 Å². The van der Waals surface area contributed by atoms with Gasteiger partial charge in [-0.25, -0.2) is 0 Å². The number of hydrogen-bond acceptors (Lipinski definition) is 1. The summed E-state index contributed by atoms with van der Waals surface area (Å²) in [5.41, 5.74) is 0.444. The highest BCUT2D eigenvalue weighted by Crippen LogP contribution is 2.34. The Morgan fingerprint density at radius 3 is 2.36 bits per heavy atom. The van der Waals surface area contributed by atoms with Crippen molar-refractivity contribution in [1.82, 2.24) is 0 Å². The molecule has 0 N–H and O–H groups in total. The minimum atomic E-state index is -3.05. The van der Waals surface area contributed by atoms with Crippen molar-refractivity contribution in [1.29, 1.82) is 0 Å². The van der Waals surface area contributed by atoms with Gasteiger partial charge in [-0.3, -0.25) is 0 Å². The van der Waals surface area contributed by atoms with Gasteiger partial charge in [-0.2, -0.15) is 8.78 Å². The number of rotatable bonds is 4. The minimum absolute atomic E-state index is 0.444. The summed E-state index contributed by atoms with van der Waals surface area (Å²) in [5, 5.41) is 0. The van der Waals surface area contributed by atoms with Gasteiger partial charge < -0.3 is 4.74 Å². The van der Waals surface area contributed by atoms with Crippen LogP contribution in [0.25, 0.3) is 0 Å². The summed E-state index contributed by atoms with van der Waals surface area (Å²) in [5.74, 6) is -3.05. The van der Waals surface area contributed by atoms with Crippen molar-refractivity contribution in [2.24, 2.45) is 0 Å². The Morgan fingerprint density at radius 1 is 1.36 bits per heavy atom. The Hall–Kier alpha value is -1.22. The lowest BCUT2D eigenvalue weighted by molar-refractivity contribution is -0.0914. The molecule has 0 heterocycles. The van der Waals surface area contributed by atoms with Crippen LogP contribution in [0.1, 0.15) is 11.7 Å². The largest absolute Gasteiger partial charge is 0.370 e. The molecular weight excluding hydrogens is 186 g/mol. The Morgan fingerprint density at radius 2 is 1.93 bits per heavy atom. The first-order valence-electron chi connectivity index (χ1n) is 4.21. The second kappa shape index (κ2) is 4.33. The Kier molecular flexibility index (Phi) is 3.36. The van der Waals surface area contributed by atoms with Gasteiger partial charge in [0.2, 0.25) is 0 Å². The molecule has 0 aliphatic carbocycles. The van der Waals surface area contributed by atoms with E-state index in [0.717, 1.165) is 0 Å². The SMILES string of the molecule is C=CC(F)(F)C(OC)c1ccccc1. The number of ether oxygens (including phenoxy) is 1. The fraction of sp³-hybridized carbons (Fsp3) is 0.273. The summed E-state index contributed by atoms with van der Waals surface area (Å²) in [6, 6.07) is 8.36. The number of alkyl halides is 2. The van der Waals surface area contributed by atoms with Gasteiger partial charge in [-0.15, -0.1) is 0 Å².